The lowest BCUT2D eigenvalue weighted by Crippen LogP contribution is -2.32. The molecule has 0 saturated carbocycles. The van der Waals surface area contributed by atoms with Crippen molar-refractivity contribution in [2.24, 2.45) is 5.73 Å². The average Bonchev–Trinajstić information content (AvgIpc) is 2.44. The predicted molar refractivity (Wildman–Crippen MR) is 85.0 cm³/mol. The first-order valence-electron chi connectivity index (χ1n) is 6.85. The predicted octanol–water partition coefficient (Wildman–Crippen LogP) is 2.77. The summed E-state index contributed by atoms with van der Waals surface area (Å²) in [6.07, 6.45) is 3.16. The van der Waals surface area contributed by atoms with Gasteiger partial charge in [-0.05, 0) is 37.4 Å². The Bertz CT molecular complexity index is 360. The van der Waals surface area contributed by atoms with Crippen LogP contribution in [-0.4, -0.2) is 43.7 Å². The van der Waals surface area contributed by atoms with Gasteiger partial charge in [-0.1, -0.05) is 19.1 Å². The molecule has 0 saturated heterocycles. The lowest BCUT2D eigenvalue weighted by Gasteiger charge is -2.27. The van der Waals surface area contributed by atoms with E-state index in [4.69, 9.17) is 10.5 Å². The number of nitrogens with two attached hydrogens (primary N) is 1. The molecule has 0 aromatic heterocycles. The van der Waals surface area contributed by atoms with E-state index in [2.05, 4.69) is 37.3 Å². The fourth-order valence-electron chi connectivity index (χ4n) is 1.99. The highest BCUT2D eigenvalue weighted by Gasteiger charge is 2.15. The van der Waals surface area contributed by atoms with E-state index in [1.165, 1.54) is 5.56 Å². The molecule has 1 atom stereocenters. The maximum Gasteiger partial charge on any atom is 0.119 e. The zero-order valence-electron chi connectivity index (χ0n) is 12.3. The summed E-state index contributed by atoms with van der Waals surface area (Å²) in [5.41, 5.74) is 7.17. The fraction of sp³-hybridized carbons (Fsp3) is 0.600. The Kier molecular flexibility index (Phi) is 7.94. The molecular formula is C15H26N2OS. The van der Waals surface area contributed by atoms with Crippen LogP contribution in [-0.2, 0) is 0 Å². The second kappa shape index (κ2) is 9.23. The van der Waals surface area contributed by atoms with Crippen molar-refractivity contribution < 1.29 is 4.74 Å². The highest BCUT2D eigenvalue weighted by Crippen LogP contribution is 2.23. The second-order valence-corrected chi connectivity index (χ2v) is 5.63. The number of rotatable bonds is 9. The van der Waals surface area contributed by atoms with Gasteiger partial charge in [0.15, 0.2) is 0 Å². The van der Waals surface area contributed by atoms with E-state index in [1.807, 2.05) is 23.9 Å². The van der Waals surface area contributed by atoms with E-state index in [1.54, 1.807) is 0 Å². The van der Waals surface area contributed by atoms with E-state index < -0.39 is 0 Å². The Morgan fingerprint density at radius 2 is 2.21 bits per heavy atom. The lowest BCUT2D eigenvalue weighted by atomic mass is 10.1. The third kappa shape index (κ3) is 5.43. The second-order valence-electron chi connectivity index (χ2n) is 4.65. The molecule has 0 spiro atoms. The summed E-state index contributed by atoms with van der Waals surface area (Å²) in [4.78, 5) is 2.31. The number of thioether (sulfide) groups is 1. The van der Waals surface area contributed by atoms with Gasteiger partial charge in [-0.3, -0.25) is 4.90 Å². The van der Waals surface area contributed by atoms with Gasteiger partial charge < -0.3 is 10.5 Å². The van der Waals surface area contributed by atoms with Crippen LogP contribution in [0.4, 0.5) is 0 Å². The van der Waals surface area contributed by atoms with Gasteiger partial charge in [-0.15, -0.1) is 0 Å². The van der Waals surface area contributed by atoms with E-state index in [-0.39, 0.29) is 6.04 Å². The molecule has 1 unspecified atom stereocenters. The number of hydrogen-bond donors (Lipinski definition) is 1. The van der Waals surface area contributed by atoms with Gasteiger partial charge in [0.25, 0.3) is 0 Å². The summed E-state index contributed by atoms with van der Waals surface area (Å²) in [5.74, 6) is 2.06. The van der Waals surface area contributed by atoms with Crippen LogP contribution < -0.4 is 10.5 Å². The largest absolute Gasteiger partial charge is 0.494 e. The Hall–Kier alpha value is -0.710. The number of benzene rings is 1. The van der Waals surface area contributed by atoms with Gasteiger partial charge in [-0.25, -0.2) is 0 Å². The number of likely N-dealkylation sites (N-methyl/N-ethyl adjacent to an activating group) is 1. The molecule has 0 heterocycles. The molecule has 1 rings (SSSR count). The van der Waals surface area contributed by atoms with Crippen LogP contribution in [0.1, 0.15) is 24.9 Å². The van der Waals surface area contributed by atoms with Crippen molar-refractivity contribution in [3.8, 4) is 5.75 Å². The minimum atomic E-state index is 0.261. The van der Waals surface area contributed by atoms with E-state index in [0.29, 0.717) is 6.54 Å². The highest BCUT2D eigenvalue weighted by atomic mass is 32.2. The molecule has 108 valence electrons. The summed E-state index contributed by atoms with van der Waals surface area (Å²) in [7, 11) is 2.13. The van der Waals surface area contributed by atoms with E-state index in [0.717, 1.165) is 31.1 Å². The smallest absolute Gasteiger partial charge is 0.119 e. The molecule has 19 heavy (non-hydrogen) atoms. The zero-order valence-corrected chi connectivity index (χ0v) is 13.1. The molecule has 2 N–H and O–H groups in total. The molecule has 4 heteroatoms. The first-order valence-corrected chi connectivity index (χ1v) is 8.24. The zero-order chi connectivity index (χ0) is 14.1. The van der Waals surface area contributed by atoms with Gasteiger partial charge in [-0.2, -0.15) is 11.8 Å². The molecule has 1 aromatic rings. The molecular weight excluding hydrogens is 256 g/mol. The van der Waals surface area contributed by atoms with Crippen molar-refractivity contribution >= 4 is 11.8 Å². The van der Waals surface area contributed by atoms with Crippen LogP contribution in [0, 0.1) is 0 Å². The minimum Gasteiger partial charge on any atom is -0.494 e. The van der Waals surface area contributed by atoms with Crippen LogP contribution in [0.5, 0.6) is 5.75 Å². The third-order valence-corrected chi connectivity index (χ3v) is 3.71. The van der Waals surface area contributed by atoms with Crippen molar-refractivity contribution in [2.75, 3.05) is 38.8 Å². The molecule has 1 aromatic carbocycles. The maximum absolute atomic E-state index is 5.94. The van der Waals surface area contributed by atoms with Crippen molar-refractivity contribution in [2.45, 2.75) is 19.4 Å². The molecule has 0 radical (unpaired) electrons. The molecule has 0 aliphatic heterocycles. The van der Waals surface area contributed by atoms with Crippen molar-refractivity contribution in [1.29, 1.82) is 0 Å². The van der Waals surface area contributed by atoms with E-state index in [9.17, 15) is 0 Å². The minimum absolute atomic E-state index is 0.261. The summed E-state index contributed by atoms with van der Waals surface area (Å²) >= 11 is 1.86. The van der Waals surface area contributed by atoms with Crippen molar-refractivity contribution in [1.82, 2.24) is 4.90 Å². The molecule has 0 bridgehead atoms. The molecule has 3 nitrogen and oxygen atoms in total. The summed E-state index contributed by atoms with van der Waals surface area (Å²) < 4.78 is 5.69. The molecule has 0 amide bonds. The molecule has 0 aliphatic rings. The van der Waals surface area contributed by atoms with Gasteiger partial charge in [0.1, 0.15) is 5.75 Å². The standard InChI is InChI=1S/C15H26N2OS/c1-4-9-18-14-7-5-6-13(11-14)15(12-16)17(2)8-10-19-3/h5-7,11,15H,4,8-10,12,16H2,1-3H3. The van der Waals surface area contributed by atoms with Gasteiger partial charge in [0, 0.05) is 24.9 Å². The van der Waals surface area contributed by atoms with Gasteiger partial charge in [0.05, 0.1) is 6.61 Å². The topological polar surface area (TPSA) is 38.5 Å². The normalized spacial score (nSPS) is 12.7. The molecule has 0 fully saturated rings. The van der Waals surface area contributed by atoms with Crippen molar-refractivity contribution in [3.05, 3.63) is 29.8 Å². The number of nitrogens with zero attached hydrogens (tertiary/aromatic N) is 1. The summed E-state index contributed by atoms with van der Waals surface area (Å²) in [6.45, 7) is 4.55. The monoisotopic (exact) mass is 282 g/mol. The Morgan fingerprint density at radius 1 is 1.42 bits per heavy atom. The molecule has 0 aliphatic carbocycles. The van der Waals surface area contributed by atoms with Crippen LogP contribution in [0.2, 0.25) is 0 Å². The Balaban J connectivity index is 2.73. The van der Waals surface area contributed by atoms with E-state index >= 15 is 0 Å². The average molecular weight is 282 g/mol. The highest BCUT2D eigenvalue weighted by molar-refractivity contribution is 7.98. The lowest BCUT2D eigenvalue weighted by molar-refractivity contribution is 0.264. The summed E-state index contributed by atoms with van der Waals surface area (Å²) in [5, 5.41) is 0. The first-order chi connectivity index (χ1) is 9.22. The SMILES string of the molecule is CCCOc1cccc(C(CN)N(C)CCSC)c1. The van der Waals surface area contributed by atoms with Gasteiger partial charge >= 0.3 is 0 Å². The Labute approximate surface area is 121 Å². The fourth-order valence-corrected chi connectivity index (χ4v) is 2.46. The number of hydrogen-bond acceptors (Lipinski definition) is 4. The first kappa shape index (κ1) is 16.3. The van der Waals surface area contributed by atoms with Crippen LogP contribution in [0.15, 0.2) is 24.3 Å². The quantitative estimate of drug-likeness (QED) is 0.756. The maximum atomic E-state index is 5.94. The van der Waals surface area contributed by atoms with Crippen LogP contribution in [0.25, 0.3) is 0 Å². The number of ether oxygens (including phenoxy) is 1. The van der Waals surface area contributed by atoms with Crippen molar-refractivity contribution in [3.63, 3.8) is 0 Å². The van der Waals surface area contributed by atoms with Gasteiger partial charge in [0.2, 0.25) is 0 Å². The van der Waals surface area contributed by atoms with Crippen LogP contribution >= 0.6 is 11.8 Å². The summed E-state index contributed by atoms with van der Waals surface area (Å²) in [6, 6.07) is 8.56. The van der Waals surface area contributed by atoms with Crippen LogP contribution in [0.3, 0.4) is 0 Å². The Morgan fingerprint density at radius 3 is 2.84 bits per heavy atom. The third-order valence-electron chi connectivity index (χ3n) is 3.12.